The smallest absolute Gasteiger partial charge is 0.233 e. The lowest BCUT2D eigenvalue weighted by atomic mass is 10.3. The van der Waals surface area contributed by atoms with Crippen molar-refractivity contribution in [3.8, 4) is 0 Å². The van der Waals surface area contributed by atoms with Crippen molar-refractivity contribution in [1.82, 2.24) is 24.6 Å². The lowest BCUT2D eigenvalue weighted by molar-refractivity contribution is -0.136. The van der Waals surface area contributed by atoms with E-state index in [0.29, 0.717) is 44.4 Å². The molecule has 0 aromatic carbocycles. The van der Waals surface area contributed by atoms with E-state index in [4.69, 9.17) is 4.42 Å². The number of aromatic nitrogens is 3. The average molecular weight is 389 g/mol. The van der Waals surface area contributed by atoms with Gasteiger partial charge in [-0.15, -0.1) is 10.2 Å². The molecule has 2 aliphatic rings. The predicted octanol–water partition coefficient (Wildman–Crippen LogP) is 1.58. The molecule has 0 bridgehead atoms. The van der Waals surface area contributed by atoms with Crippen LogP contribution in [0.3, 0.4) is 0 Å². The summed E-state index contributed by atoms with van der Waals surface area (Å²) in [5, 5.41) is 9.43. The SMILES string of the molecule is CC(=O)N1CCN(C(=O)CSc2nnc(C3CC3)n2Cc2ccco2)CC1. The standard InChI is InChI=1S/C18H23N5O3S/c1-13(24)21-6-8-22(9-7-21)16(25)12-27-18-20-19-17(14-4-5-14)23(18)11-15-3-2-10-26-15/h2-3,10,14H,4-9,11-12H2,1H3. The summed E-state index contributed by atoms with van der Waals surface area (Å²) in [5.41, 5.74) is 0. The number of hydrogen-bond acceptors (Lipinski definition) is 6. The minimum atomic E-state index is 0.0649. The number of nitrogens with zero attached hydrogens (tertiary/aromatic N) is 5. The van der Waals surface area contributed by atoms with Gasteiger partial charge in [-0.3, -0.25) is 14.2 Å². The third-order valence-corrected chi connectivity index (χ3v) is 5.94. The van der Waals surface area contributed by atoms with E-state index >= 15 is 0 Å². The van der Waals surface area contributed by atoms with Gasteiger partial charge in [-0.05, 0) is 25.0 Å². The summed E-state index contributed by atoms with van der Waals surface area (Å²) >= 11 is 1.42. The Labute approximate surface area is 161 Å². The Balaban J connectivity index is 1.38. The first-order valence-electron chi connectivity index (χ1n) is 9.23. The van der Waals surface area contributed by atoms with Gasteiger partial charge in [0.15, 0.2) is 5.16 Å². The Morgan fingerprint density at radius 3 is 2.56 bits per heavy atom. The minimum Gasteiger partial charge on any atom is -0.467 e. The van der Waals surface area contributed by atoms with E-state index in [9.17, 15) is 9.59 Å². The number of piperazine rings is 1. The summed E-state index contributed by atoms with van der Waals surface area (Å²) in [5.74, 6) is 2.76. The van der Waals surface area contributed by atoms with E-state index < -0.39 is 0 Å². The van der Waals surface area contributed by atoms with Gasteiger partial charge >= 0.3 is 0 Å². The Bertz CT molecular complexity index is 807. The molecule has 1 saturated heterocycles. The fraction of sp³-hybridized carbons (Fsp3) is 0.556. The highest BCUT2D eigenvalue weighted by Crippen LogP contribution is 2.40. The molecule has 27 heavy (non-hydrogen) atoms. The van der Waals surface area contributed by atoms with Crippen molar-refractivity contribution in [3.05, 3.63) is 30.0 Å². The molecule has 0 spiro atoms. The van der Waals surface area contributed by atoms with Crippen LogP contribution in [0.4, 0.5) is 0 Å². The highest BCUT2D eigenvalue weighted by atomic mass is 32.2. The monoisotopic (exact) mass is 389 g/mol. The van der Waals surface area contributed by atoms with Crippen molar-refractivity contribution in [2.75, 3.05) is 31.9 Å². The fourth-order valence-corrected chi connectivity index (χ4v) is 4.09. The van der Waals surface area contributed by atoms with Gasteiger partial charge in [0.25, 0.3) is 0 Å². The van der Waals surface area contributed by atoms with Gasteiger partial charge in [0, 0.05) is 39.0 Å². The first-order chi connectivity index (χ1) is 13.1. The topological polar surface area (TPSA) is 84.5 Å². The molecule has 0 radical (unpaired) electrons. The van der Waals surface area contributed by atoms with E-state index in [1.54, 1.807) is 18.1 Å². The molecule has 2 amide bonds. The number of carbonyl (C=O) groups excluding carboxylic acids is 2. The quantitative estimate of drug-likeness (QED) is 0.698. The molecule has 1 saturated carbocycles. The van der Waals surface area contributed by atoms with Gasteiger partial charge in [0.1, 0.15) is 11.6 Å². The maximum atomic E-state index is 12.6. The van der Waals surface area contributed by atoms with Gasteiger partial charge in [0.05, 0.1) is 18.6 Å². The molecule has 9 heteroatoms. The zero-order valence-corrected chi connectivity index (χ0v) is 16.2. The number of carbonyl (C=O) groups is 2. The normalized spacial score (nSPS) is 17.4. The molecule has 4 rings (SSSR count). The van der Waals surface area contributed by atoms with Crippen LogP contribution in [0, 0.1) is 0 Å². The summed E-state index contributed by atoms with van der Waals surface area (Å²) in [6.07, 6.45) is 3.94. The maximum absolute atomic E-state index is 12.6. The maximum Gasteiger partial charge on any atom is 0.233 e. The Hall–Kier alpha value is -2.29. The summed E-state index contributed by atoms with van der Waals surface area (Å²) in [4.78, 5) is 27.6. The third kappa shape index (κ3) is 4.18. The van der Waals surface area contributed by atoms with E-state index in [2.05, 4.69) is 14.8 Å². The fourth-order valence-electron chi connectivity index (χ4n) is 3.25. The number of amides is 2. The highest BCUT2D eigenvalue weighted by molar-refractivity contribution is 7.99. The number of furan rings is 1. The second-order valence-electron chi connectivity index (χ2n) is 6.96. The second-order valence-corrected chi connectivity index (χ2v) is 7.90. The van der Waals surface area contributed by atoms with Gasteiger partial charge in [-0.25, -0.2) is 0 Å². The van der Waals surface area contributed by atoms with Crippen molar-refractivity contribution >= 4 is 23.6 Å². The van der Waals surface area contributed by atoms with Crippen LogP contribution in [0.25, 0.3) is 0 Å². The number of thioether (sulfide) groups is 1. The van der Waals surface area contributed by atoms with E-state index in [0.717, 1.165) is 29.6 Å². The van der Waals surface area contributed by atoms with Gasteiger partial charge < -0.3 is 14.2 Å². The molecular formula is C18H23N5O3S. The van der Waals surface area contributed by atoms with Crippen molar-refractivity contribution < 1.29 is 14.0 Å². The molecule has 0 unspecified atom stereocenters. The second kappa shape index (κ2) is 7.75. The van der Waals surface area contributed by atoms with E-state index in [-0.39, 0.29) is 11.8 Å². The Kier molecular flexibility index (Phi) is 5.20. The molecule has 2 fully saturated rings. The zero-order valence-electron chi connectivity index (χ0n) is 15.3. The summed E-state index contributed by atoms with van der Waals surface area (Å²) < 4.78 is 7.55. The van der Waals surface area contributed by atoms with Gasteiger partial charge in [-0.1, -0.05) is 11.8 Å². The molecule has 0 atom stereocenters. The van der Waals surface area contributed by atoms with Crippen LogP contribution in [-0.4, -0.2) is 68.3 Å². The number of rotatable bonds is 6. The molecule has 2 aromatic rings. The largest absolute Gasteiger partial charge is 0.467 e. The molecule has 0 N–H and O–H groups in total. The van der Waals surface area contributed by atoms with Crippen LogP contribution in [0.2, 0.25) is 0 Å². The van der Waals surface area contributed by atoms with Crippen LogP contribution >= 0.6 is 11.8 Å². The van der Waals surface area contributed by atoms with E-state index in [1.807, 2.05) is 17.0 Å². The Morgan fingerprint density at radius 1 is 1.19 bits per heavy atom. The van der Waals surface area contributed by atoms with Crippen molar-refractivity contribution in [1.29, 1.82) is 0 Å². The summed E-state index contributed by atoms with van der Waals surface area (Å²) in [6, 6.07) is 3.80. The highest BCUT2D eigenvalue weighted by Gasteiger charge is 2.31. The lowest BCUT2D eigenvalue weighted by Crippen LogP contribution is -2.50. The third-order valence-electron chi connectivity index (χ3n) is 4.98. The molecule has 2 aromatic heterocycles. The van der Waals surface area contributed by atoms with Crippen molar-refractivity contribution in [3.63, 3.8) is 0 Å². The molecule has 1 aliphatic heterocycles. The zero-order chi connectivity index (χ0) is 18.8. The first kappa shape index (κ1) is 18.1. The van der Waals surface area contributed by atoms with Gasteiger partial charge in [0.2, 0.25) is 11.8 Å². The van der Waals surface area contributed by atoms with E-state index in [1.165, 1.54) is 11.8 Å². The van der Waals surface area contributed by atoms with Crippen LogP contribution in [-0.2, 0) is 16.1 Å². The summed E-state index contributed by atoms with van der Waals surface area (Å²) in [6.45, 7) is 4.53. The Morgan fingerprint density at radius 2 is 1.93 bits per heavy atom. The molecule has 8 nitrogen and oxygen atoms in total. The van der Waals surface area contributed by atoms with Crippen LogP contribution in [0.1, 0.15) is 37.3 Å². The first-order valence-corrected chi connectivity index (χ1v) is 10.2. The summed E-state index contributed by atoms with van der Waals surface area (Å²) in [7, 11) is 0. The van der Waals surface area contributed by atoms with Gasteiger partial charge in [-0.2, -0.15) is 0 Å². The molecule has 1 aliphatic carbocycles. The molecule has 3 heterocycles. The van der Waals surface area contributed by atoms with Crippen LogP contribution in [0.5, 0.6) is 0 Å². The van der Waals surface area contributed by atoms with Crippen LogP contribution in [0.15, 0.2) is 28.0 Å². The minimum absolute atomic E-state index is 0.0649. The van der Waals surface area contributed by atoms with Crippen molar-refractivity contribution in [2.45, 2.75) is 37.4 Å². The molecular weight excluding hydrogens is 366 g/mol. The number of hydrogen-bond donors (Lipinski definition) is 0. The predicted molar refractivity (Wildman–Crippen MR) is 99.4 cm³/mol. The van der Waals surface area contributed by atoms with Crippen LogP contribution < -0.4 is 0 Å². The lowest BCUT2D eigenvalue weighted by Gasteiger charge is -2.34. The van der Waals surface area contributed by atoms with Crippen molar-refractivity contribution in [2.24, 2.45) is 0 Å². The molecule has 144 valence electrons. The average Bonchev–Trinajstić information content (AvgIpc) is 3.24.